The zero-order valence-electron chi connectivity index (χ0n) is 5.95. The molecule has 1 rings (SSSR count). The third-order valence-electron chi connectivity index (χ3n) is 1.31. The molecule has 2 N–H and O–H groups in total. The zero-order valence-corrected chi connectivity index (χ0v) is 6.77. The third-order valence-corrected chi connectivity index (χ3v) is 1.80. The predicted molar refractivity (Wildman–Crippen MR) is 41.7 cm³/mol. The van der Waals surface area contributed by atoms with Crippen molar-refractivity contribution in [1.29, 1.82) is 0 Å². The van der Waals surface area contributed by atoms with Gasteiger partial charge in [0, 0.05) is 0 Å². The molecule has 1 atom stereocenters. The van der Waals surface area contributed by atoms with Crippen molar-refractivity contribution in [1.82, 2.24) is 9.36 Å². The summed E-state index contributed by atoms with van der Waals surface area (Å²) in [5.74, 6) is 0.784. The Morgan fingerprint density at radius 1 is 1.80 bits per heavy atom. The summed E-state index contributed by atoms with van der Waals surface area (Å²) >= 11 is 1.35. The number of nitrogens with two attached hydrogens (primary N) is 1. The van der Waals surface area contributed by atoms with E-state index in [1.165, 1.54) is 11.5 Å². The van der Waals surface area contributed by atoms with Crippen molar-refractivity contribution in [2.24, 2.45) is 5.73 Å². The van der Waals surface area contributed by atoms with Gasteiger partial charge in [0.1, 0.15) is 5.51 Å². The minimum atomic E-state index is 0.0382. The van der Waals surface area contributed by atoms with Crippen LogP contribution in [0.5, 0.6) is 0 Å². The predicted octanol–water partition coefficient (Wildman–Crippen LogP) is 1.34. The van der Waals surface area contributed by atoms with E-state index in [9.17, 15) is 0 Å². The summed E-state index contributed by atoms with van der Waals surface area (Å²) in [7, 11) is 0. The molecule has 0 saturated carbocycles. The molecule has 1 aromatic rings. The van der Waals surface area contributed by atoms with Crippen molar-refractivity contribution in [3.05, 3.63) is 11.3 Å². The number of hydrogen-bond acceptors (Lipinski definition) is 4. The second-order valence-corrected chi connectivity index (χ2v) is 2.79. The molecule has 3 nitrogen and oxygen atoms in total. The van der Waals surface area contributed by atoms with Gasteiger partial charge in [0.2, 0.25) is 0 Å². The molecule has 1 aromatic heterocycles. The largest absolute Gasteiger partial charge is 0.321 e. The molecule has 10 heavy (non-hydrogen) atoms. The summed E-state index contributed by atoms with van der Waals surface area (Å²) in [5, 5.41) is 0. The third kappa shape index (κ3) is 1.75. The first-order chi connectivity index (χ1) is 4.84. The second-order valence-electron chi connectivity index (χ2n) is 2.18. The van der Waals surface area contributed by atoms with Gasteiger partial charge in [0.05, 0.1) is 6.04 Å². The lowest BCUT2D eigenvalue weighted by Gasteiger charge is -2.02. The highest BCUT2D eigenvalue weighted by Crippen LogP contribution is 2.10. The van der Waals surface area contributed by atoms with E-state index in [0.29, 0.717) is 0 Å². The van der Waals surface area contributed by atoms with E-state index in [4.69, 9.17) is 5.73 Å². The van der Waals surface area contributed by atoms with E-state index in [1.54, 1.807) is 5.51 Å². The van der Waals surface area contributed by atoms with Crippen molar-refractivity contribution in [3.8, 4) is 0 Å². The van der Waals surface area contributed by atoms with Crippen LogP contribution in [0.1, 0.15) is 31.6 Å². The first-order valence-corrected chi connectivity index (χ1v) is 4.20. The first kappa shape index (κ1) is 7.63. The van der Waals surface area contributed by atoms with E-state index < -0.39 is 0 Å². The minimum Gasteiger partial charge on any atom is -0.321 e. The van der Waals surface area contributed by atoms with E-state index in [0.717, 1.165) is 18.7 Å². The van der Waals surface area contributed by atoms with Crippen LogP contribution >= 0.6 is 11.5 Å². The van der Waals surface area contributed by atoms with Gasteiger partial charge in [-0.15, -0.1) is 0 Å². The van der Waals surface area contributed by atoms with Crippen molar-refractivity contribution in [3.63, 3.8) is 0 Å². The lowest BCUT2D eigenvalue weighted by Crippen LogP contribution is -2.10. The Hall–Kier alpha value is -0.480. The smallest absolute Gasteiger partial charge is 0.158 e. The van der Waals surface area contributed by atoms with Gasteiger partial charge in [0.15, 0.2) is 5.82 Å². The Bertz CT molecular complexity index is 173. The van der Waals surface area contributed by atoms with Crippen LogP contribution in [0, 0.1) is 0 Å². The highest BCUT2D eigenvalue weighted by atomic mass is 32.1. The fourth-order valence-corrected chi connectivity index (χ4v) is 1.28. The van der Waals surface area contributed by atoms with Crippen molar-refractivity contribution < 1.29 is 0 Å². The molecular weight excluding hydrogens is 146 g/mol. The van der Waals surface area contributed by atoms with Gasteiger partial charge >= 0.3 is 0 Å². The summed E-state index contributed by atoms with van der Waals surface area (Å²) in [6, 6.07) is 0.0382. The fraction of sp³-hybridized carbons (Fsp3) is 0.667. The molecule has 0 fully saturated rings. The van der Waals surface area contributed by atoms with Gasteiger partial charge < -0.3 is 5.73 Å². The van der Waals surface area contributed by atoms with Crippen LogP contribution in [0.15, 0.2) is 5.51 Å². The van der Waals surface area contributed by atoms with Crippen molar-refractivity contribution >= 4 is 11.5 Å². The van der Waals surface area contributed by atoms with Crippen LogP contribution in [0.2, 0.25) is 0 Å². The molecule has 0 saturated heterocycles. The van der Waals surface area contributed by atoms with E-state index in [2.05, 4.69) is 16.3 Å². The Kier molecular flexibility index (Phi) is 2.77. The summed E-state index contributed by atoms with van der Waals surface area (Å²) in [6.45, 7) is 2.10. The second kappa shape index (κ2) is 3.63. The maximum atomic E-state index is 5.73. The molecule has 56 valence electrons. The van der Waals surface area contributed by atoms with Crippen molar-refractivity contribution in [2.75, 3.05) is 0 Å². The number of rotatable bonds is 3. The van der Waals surface area contributed by atoms with E-state index in [1.807, 2.05) is 0 Å². The standard InChI is InChI=1S/C6H11N3S/c1-2-3-5(7)6-8-4-10-9-6/h4-5H,2-3,7H2,1H3. The molecular formula is C6H11N3S. The van der Waals surface area contributed by atoms with Gasteiger partial charge in [-0.25, -0.2) is 4.98 Å². The van der Waals surface area contributed by atoms with Crippen LogP contribution in [-0.4, -0.2) is 9.36 Å². The lowest BCUT2D eigenvalue weighted by molar-refractivity contribution is 0.610. The summed E-state index contributed by atoms with van der Waals surface area (Å²) in [4.78, 5) is 4.02. The zero-order chi connectivity index (χ0) is 7.40. The van der Waals surface area contributed by atoms with Crippen LogP contribution < -0.4 is 5.73 Å². The maximum Gasteiger partial charge on any atom is 0.158 e. The molecule has 0 aliphatic rings. The lowest BCUT2D eigenvalue weighted by atomic mass is 10.2. The number of hydrogen-bond donors (Lipinski definition) is 1. The van der Waals surface area contributed by atoms with Gasteiger partial charge in [-0.05, 0) is 18.0 Å². The molecule has 4 heteroatoms. The fourth-order valence-electron chi connectivity index (χ4n) is 0.782. The normalized spacial score (nSPS) is 13.4. The number of nitrogens with zero attached hydrogens (tertiary/aromatic N) is 2. The molecule has 0 aliphatic carbocycles. The van der Waals surface area contributed by atoms with E-state index in [-0.39, 0.29) is 6.04 Å². The van der Waals surface area contributed by atoms with Gasteiger partial charge in [-0.2, -0.15) is 4.37 Å². The first-order valence-electron chi connectivity index (χ1n) is 3.36. The average Bonchev–Trinajstić information content (AvgIpc) is 2.38. The Morgan fingerprint density at radius 3 is 3.10 bits per heavy atom. The van der Waals surface area contributed by atoms with Crippen LogP contribution in [0.25, 0.3) is 0 Å². The monoisotopic (exact) mass is 157 g/mol. The minimum absolute atomic E-state index is 0.0382. The summed E-state index contributed by atoms with van der Waals surface area (Å²) in [5.41, 5.74) is 7.44. The highest BCUT2D eigenvalue weighted by Gasteiger charge is 2.06. The Labute approximate surface area is 64.5 Å². The molecule has 0 radical (unpaired) electrons. The molecule has 0 spiro atoms. The van der Waals surface area contributed by atoms with E-state index >= 15 is 0 Å². The molecule has 0 amide bonds. The van der Waals surface area contributed by atoms with Gasteiger partial charge in [-0.1, -0.05) is 13.3 Å². The van der Waals surface area contributed by atoms with Crippen LogP contribution in [0.3, 0.4) is 0 Å². The molecule has 1 unspecified atom stereocenters. The van der Waals surface area contributed by atoms with Gasteiger partial charge in [0.25, 0.3) is 0 Å². The Balaban J connectivity index is 2.50. The Morgan fingerprint density at radius 2 is 2.60 bits per heavy atom. The molecule has 0 bridgehead atoms. The summed E-state index contributed by atoms with van der Waals surface area (Å²) in [6.07, 6.45) is 2.05. The topological polar surface area (TPSA) is 51.8 Å². The molecule has 0 aromatic carbocycles. The van der Waals surface area contributed by atoms with Crippen molar-refractivity contribution in [2.45, 2.75) is 25.8 Å². The highest BCUT2D eigenvalue weighted by molar-refractivity contribution is 7.03. The van der Waals surface area contributed by atoms with Gasteiger partial charge in [-0.3, -0.25) is 0 Å². The van der Waals surface area contributed by atoms with Crippen LogP contribution in [-0.2, 0) is 0 Å². The number of aromatic nitrogens is 2. The molecule has 1 heterocycles. The average molecular weight is 157 g/mol. The van der Waals surface area contributed by atoms with Crippen LogP contribution in [0.4, 0.5) is 0 Å². The maximum absolute atomic E-state index is 5.73. The molecule has 0 aliphatic heterocycles. The SMILES string of the molecule is CCCC(N)c1ncsn1. The summed E-state index contributed by atoms with van der Waals surface area (Å²) < 4.78 is 4.04. The quantitative estimate of drug-likeness (QED) is 0.720.